The van der Waals surface area contributed by atoms with E-state index in [1.807, 2.05) is 7.05 Å². The van der Waals surface area contributed by atoms with Crippen LogP contribution in [-0.4, -0.2) is 43.7 Å². The van der Waals surface area contributed by atoms with Crippen LogP contribution < -0.4 is 10.2 Å². The van der Waals surface area contributed by atoms with Crippen LogP contribution in [0.2, 0.25) is 0 Å². The third kappa shape index (κ3) is 2.74. The summed E-state index contributed by atoms with van der Waals surface area (Å²) in [6.45, 7) is 2.43. The third-order valence-corrected chi connectivity index (χ3v) is 4.75. The van der Waals surface area contributed by atoms with E-state index in [-0.39, 0.29) is 12.0 Å². The van der Waals surface area contributed by atoms with Crippen molar-refractivity contribution in [2.75, 3.05) is 31.6 Å². The summed E-state index contributed by atoms with van der Waals surface area (Å²) in [5, 5.41) is 3.51. The van der Waals surface area contributed by atoms with E-state index in [0.29, 0.717) is 11.6 Å². The normalized spacial score (nSPS) is 22.4. The van der Waals surface area contributed by atoms with Gasteiger partial charge in [0.25, 0.3) is 5.91 Å². The van der Waals surface area contributed by atoms with Gasteiger partial charge in [-0.3, -0.25) is 4.79 Å². The molecule has 0 saturated carbocycles. The minimum Gasteiger partial charge on any atom is -0.376 e. The summed E-state index contributed by atoms with van der Waals surface area (Å²) in [6.07, 6.45) is 4.49. The molecule has 0 aromatic carbocycles. The lowest BCUT2D eigenvalue weighted by Gasteiger charge is -2.22. The summed E-state index contributed by atoms with van der Waals surface area (Å²) in [5.74, 6) is 0.918. The molecule has 6 heteroatoms. The molecule has 3 rings (SSSR count). The van der Waals surface area contributed by atoms with Crippen LogP contribution in [0.15, 0.2) is 0 Å². The molecule has 1 saturated heterocycles. The van der Waals surface area contributed by atoms with Gasteiger partial charge in [-0.05, 0) is 25.7 Å². The molecule has 1 unspecified atom stereocenters. The Morgan fingerprint density at radius 1 is 1.58 bits per heavy atom. The summed E-state index contributed by atoms with van der Waals surface area (Å²) in [7, 11) is 2.03. The molecule has 0 aliphatic carbocycles. The Bertz CT molecular complexity index is 468. The maximum Gasteiger partial charge on any atom is 0.280 e. The molecular weight excluding hydrogens is 262 g/mol. The average Bonchev–Trinajstić information content (AvgIpc) is 3.05. The van der Waals surface area contributed by atoms with Crippen molar-refractivity contribution in [2.24, 2.45) is 0 Å². The predicted octanol–water partition coefficient (Wildman–Crippen LogP) is 1.43. The number of hydrogen-bond acceptors (Lipinski definition) is 5. The molecule has 0 radical (unpaired) electrons. The number of thiazole rings is 1. The minimum atomic E-state index is -0.0664. The van der Waals surface area contributed by atoms with Crippen LogP contribution in [0.5, 0.6) is 0 Å². The van der Waals surface area contributed by atoms with E-state index in [2.05, 4.69) is 15.2 Å². The van der Waals surface area contributed by atoms with Gasteiger partial charge in [-0.25, -0.2) is 4.98 Å². The largest absolute Gasteiger partial charge is 0.376 e. The SMILES string of the molecule is CN1CCCc2sc(C(=O)NCC3CCCO3)nc21. The van der Waals surface area contributed by atoms with Gasteiger partial charge in [0.05, 0.1) is 6.10 Å². The number of carbonyl (C=O) groups excluding carboxylic acids is 1. The second kappa shape index (κ2) is 5.46. The summed E-state index contributed by atoms with van der Waals surface area (Å²) >= 11 is 1.52. The van der Waals surface area contributed by atoms with Crippen molar-refractivity contribution in [1.82, 2.24) is 10.3 Å². The summed E-state index contributed by atoms with van der Waals surface area (Å²) in [4.78, 5) is 19.9. The van der Waals surface area contributed by atoms with Crippen molar-refractivity contribution >= 4 is 23.1 Å². The topological polar surface area (TPSA) is 54.5 Å². The monoisotopic (exact) mass is 281 g/mol. The lowest BCUT2D eigenvalue weighted by atomic mass is 10.2. The van der Waals surface area contributed by atoms with Crippen LogP contribution in [-0.2, 0) is 11.2 Å². The van der Waals surface area contributed by atoms with Crippen LogP contribution >= 0.6 is 11.3 Å². The Morgan fingerprint density at radius 3 is 3.21 bits per heavy atom. The summed E-state index contributed by atoms with van der Waals surface area (Å²) in [5.41, 5.74) is 0. The molecule has 3 heterocycles. The predicted molar refractivity (Wildman–Crippen MR) is 75.0 cm³/mol. The highest BCUT2D eigenvalue weighted by molar-refractivity contribution is 7.14. The summed E-state index contributed by atoms with van der Waals surface area (Å²) < 4.78 is 5.50. The first-order valence-electron chi connectivity index (χ1n) is 6.84. The third-order valence-electron chi connectivity index (χ3n) is 3.64. The van der Waals surface area contributed by atoms with E-state index in [9.17, 15) is 4.79 Å². The van der Waals surface area contributed by atoms with Gasteiger partial charge in [-0.15, -0.1) is 11.3 Å². The van der Waals surface area contributed by atoms with Crippen LogP contribution in [0, 0.1) is 0 Å². The number of aryl methyl sites for hydroxylation is 1. The molecule has 0 bridgehead atoms. The molecular formula is C13H19N3O2S. The lowest BCUT2D eigenvalue weighted by Crippen LogP contribution is -2.31. The number of nitrogens with zero attached hydrogens (tertiary/aromatic N) is 2. The zero-order valence-corrected chi connectivity index (χ0v) is 12.0. The van der Waals surface area contributed by atoms with E-state index in [1.165, 1.54) is 16.2 Å². The number of fused-ring (bicyclic) bond motifs is 1. The molecule has 1 fully saturated rings. The molecule has 2 aliphatic rings. The van der Waals surface area contributed by atoms with Crippen molar-refractivity contribution in [3.8, 4) is 0 Å². The van der Waals surface area contributed by atoms with Crippen molar-refractivity contribution in [3.05, 3.63) is 9.88 Å². The van der Waals surface area contributed by atoms with Crippen molar-refractivity contribution < 1.29 is 9.53 Å². The van der Waals surface area contributed by atoms with Crippen LogP contribution in [0.25, 0.3) is 0 Å². The number of amides is 1. The average molecular weight is 281 g/mol. The Hall–Kier alpha value is -1.14. The zero-order chi connectivity index (χ0) is 13.2. The highest BCUT2D eigenvalue weighted by Gasteiger charge is 2.23. The lowest BCUT2D eigenvalue weighted by molar-refractivity contribution is 0.0857. The Morgan fingerprint density at radius 2 is 2.47 bits per heavy atom. The highest BCUT2D eigenvalue weighted by Crippen LogP contribution is 2.30. The van der Waals surface area contributed by atoms with Crippen molar-refractivity contribution in [2.45, 2.75) is 31.8 Å². The van der Waals surface area contributed by atoms with E-state index in [4.69, 9.17) is 4.74 Å². The minimum absolute atomic E-state index is 0.0664. The van der Waals surface area contributed by atoms with Gasteiger partial charge in [0, 0.05) is 31.6 Å². The van der Waals surface area contributed by atoms with Crippen LogP contribution in [0.4, 0.5) is 5.82 Å². The number of ether oxygens (including phenoxy) is 1. The van der Waals surface area contributed by atoms with E-state index >= 15 is 0 Å². The number of carbonyl (C=O) groups is 1. The smallest absolute Gasteiger partial charge is 0.280 e. The number of anilines is 1. The molecule has 104 valence electrons. The first kappa shape index (κ1) is 12.9. The first-order valence-corrected chi connectivity index (χ1v) is 7.66. The first-order chi connectivity index (χ1) is 9.24. The van der Waals surface area contributed by atoms with Crippen LogP contribution in [0.1, 0.15) is 33.9 Å². The molecule has 1 N–H and O–H groups in total. The van der Waals surface area contributed by atoms with E-state index in [0.717, 1.165) is 44.7 Å². The zero-order valence-electron chi connectivity index (χ0n) is 11.1. The second-order valence-electron chi connectivity index (χ2n) is 5.14. The van der Waals surface area contributed by atoms with Crippen molar-refractivity contribution in [3.63, 3.8) is 0 Å². The standard InChI is InChI=1S/C13H19N3O2S/c1-16-6-2-5-10-11(16)15-13(19-10)12(17)14-8-9-4-3-7-18-9/h9H,2-8H2,1H3,(H,14,17). The fourth-order valence-electron chi connectivity index (χ4n) is 2.57. The van der Waals surface area contributed by atoms with Gasteiger partial charge in [-0.2, -0.15) is 0 Å². The fourth-order valence-corrected chi connectivity index (χ4v) is 3.64. The second-order valence-corrected chi connectivity index (χ2v) is 6.22. The maximum atomic E-state index is 12.1. The van der Waals surface area contributed by atoms with Crippen LogP contribution in [0.3, 0.4) is 0 Å². The molecule has 1 atom stereocenters. The van der Waals surface area contributed by atoms with Gasteiger partial charge < -0.3 is 15.0 Å². The van der Waals surface area contributed by atoms with Gasteiger partial charge >= 0.3 is 0 Å². The maximum absolute atomic E-state index is 12.1. The summed E-state index contributed by atoms with van der Waals surface area (Å²) in [6, 6.07) is 0. The molecule has 1 aromatic heterocycles. The highest BCUT2D eigenvalue weighted by atomic mass is 32.1. The number of nitrogens with one attached hydrogen (secondary N) is 1. The quantitative estimate of drug-likeness (QED) is 0.911. The van der Waals surface area contributed by atoms with E-state index in [1.54, 1.807) is 0 Å². The Labute approximate surface area is 117 Å². The molecule has 19 heavy (non-hydrogen) atoms. The molecule has 1 aromatic rings. The molecule has 1 amide bonds. The van der Waals surface area contributed by atoms with Gasteiger partial charge in [0.1, 0.15) is 5.82 Å². The van der Waals surface area contributed by atoms with E-state index < -0.39 is 0 Å². The number of aromatic nitrogens is 1. The van der Waals surface area contributed by atoms with Gasteiger partial charge in [0.15, 0.2) is 5.01 Å². The van der Waals surface area contributed by atoms with Gasteiger partial charge in [0.2, 0.25) is 0 Å². The molecule has 5 nitrogen and oxygen atoms in total. The number of hydrogen-bond donors (Lipinski definition) is 1. The molecule has 2 aliphatic heterocycles. The fraction of sp³-hybridized carbons (Fsp3) is 0.692. The number of rotatable bonds is 3. The Balaban J connectivity index is 1.63. The molecule has 0 spiro atoms. The van der Waals surface area contributed by atoms with Gasteiger partial charge in [-0.1, -0.05) is 0 Å². The Kier molecular flexibility index (Phi) is 3.70. The van der Waals surface area contributed by atoms with Crippen molar-refractivity contribution in [1.29, 1.82) is 0 Å².